The molecule has 0 spiro atoms. The van der Waals surface area contributed by atoms with Crippen LogP contribution in [-0.2, 0) is 6.54 Å². The van der Waals surface area contributed by atoms with Crippen molar-refractivity contribution in [3.63, 3.8) is 0 Å². The van der Waals surface area contributed by atoms with Gasteiger partial charge in [-0.1, -0.05) is 24.3 Å². The number of hydrogen-bond donors (Lipinski definition) is 0. The van der Waals surface area contributed by atoms with Gasteiger partial charge in [-0.3, -0.25) is 10.1 Å². The summed E-state index contributed by atoms with van der Waals surface area (Å²) in [5.41, 5.74) is 3.30. The van der Waals surface area contributed by atoms with Crippen LogP contribution in [0.1, 0.15) is 29.7 Å². The molecule has 0 saturated heterocycles. The van der Waals surface area contributed by atoms with Crippen molar-refractivity contribution in [3.8, 4) is 0 Å². The lowest BCUT2D eigenvalue weighted by Gasteiger charge is -2.23. The molecular weight excluding hydrogens is 254 g/mol. The van der Waals surface area contributed by atoms with E-state index in [2.05, 4.69) is 28.9 Å². The fourth-order valence-corrected chi connectivity index (χ4v) is 2.74. The van der Waals surface area contributed by atoms with Crippen LogP contribution in [0.2, 0.25) is 0 Å². The number of pyridine rings is 1. The fourth-order valence-electron chi connectivity index (χ4n) is 2.74. The summed E-state index contributed by atoms with van der Waals surface area (Å²) in [5, 5.41) is 10.8. The Balaban J connectivity index is 1.96. The van der Waals surface area contributed by atoms with E-state index in [0.29, 0.717) is 5.56 Å². The predicted octanol–water partition coefficient (Wildman–Crippen LogP) is 3.38. The normalized spacial score (nSPS) is 17.1. The van der Waals surface area contributed by atoms with E-state index in [9.17, 15) is 10.1 Å². The van der Waals surface area contributed by atoms with E-state index in [-0.39, 0.29) is 11.7 Å². The Morgan fingerprint density at radius 2 is 2.15 bits per heavy atom. The first-order chi connectivity index (χ1) is 9.58. The van der Waals surface area contributed by atoms with Gasteiger partial charge in [-0.15, -0.1) is 0 Å². The molecule has 5 nitrogen and oxygen atoms in total. The van der Waals surface area contributed by atoms with Crippen LogP contribution in [0, 0.1) is 17.0 Å². The van der Waals surface area contributed by atoms with Gasteiger partial charge in [0.05, 0.1) is 11.0 Å². The molecule has 3 rings (SSSR count). The maximum Gasteiger partial charge on any atom is 0.290 e. The van der Waals surface area contributed by atoms with Gasteiger partial charge in [-0.2, -0.15) is 0 Å². The van der Waals surface area contributed by atoms with E-state index in [1.807, 2.05) is 12.1 Å². The lowest BCUT2D eigenvalue weighted by molar-refractivity contribution is -0.385. The summed E-state index contributed by atoms with van der Waals surface area (Å²) < 4.78 is 0. The van der Waals surface area contributed by atoms with Gasteiger partial charge < -0.3 is 4.90 Å². The molecule has 1 aromatic carbocycles. The number of benzene rings is 1. The Hall–Kier alpha value is -2.43. The smallest absolute Gasteiger partial charge is 0.290 e. The second kappa shape index (κ2) is 4.59. The SMILES string of the molecule is Cc1cc(N2Cc3ccccc3[C@@H]2C)ncc1[N+](=O)[O-]. The molecule has 20 heavy (non-hydrogen) atoms. The molecule has 0 bridgehead atoms. The summed E-state index contributed by atoms with van der Waals surface area (Å²) in [5.74, 6) is 0.789. The molecule has 2 heterocycles. The Bertz CT molecular complexity index is 685. The van der Waals surface area contributed by atoms with E-state index in [1.54, 1.807) is 13.0 Å². The van der Waals surface area contributed by atoms with Crippen molar-refractivity contribution in [1.29, 1.82) is 0 Å². The van der Waals surface area contributed by atoms with E-state index in [4.69, 9.17) is 0 Å². The zero-order chi connectivity index (χ0) is 14.3. The van der Waals surface area contributed by atoms with Gasteiger partial charge in [0.2, 0.25) is 0 Å². The monoisotopic (exact) mass is 269 g/mol. The lowest BCUT2D eigenvalue weighted by Crippen LogP contribution is -2.20. The third kappa shape index (κ3) is 1.91. The standard InChI is InChI=1S/C15H15N3O2/c1-10-7-15(16-8-14(10)18(19)20)17-9-12-5-3-4-6-13(12)11(17)2/h3-8,11H,9H2,1-2H3/t11-/m0/s1. The van der Waals surface area contributed by atoms with Crippen LogP contribution < -0.4 is 4.90 Å². The van der Waals surface area contributed by atoms with Crippen LogP contribution in [0.5, 0.6) is 0 Å². The van der Waals surface area contributed by atoms with Gasteiger partial charge in [0.15, 0.2) is 0 Å². The minimum Gasteiger partial charge on any atom is -0.345 e. The molecule has 1 atom stereocenters. The predicted molar refractivity (Wildman–Crippen MR) is 76.7 cm³/mol. The van der Waals surface area contributed by atoms with Gasteiger partial charge in [-0.25, -0.2) is 4.98 Å². The van der Waals surface area contributed by atoms with Crippen molar-refractivity contribution in [1.82, 2.24) is 4.98 Å². The number of nitro groups is 1. The minimum absolute atomic E-state index is 0.0677. The van der Waals surface area contributed by atoms with Crippen LogP contribution in [0.4, 0.5) is 11.5 Å². The Labute approximate surface area is 117 Å². The van der Waals surface area contributed by atoms with E-state index >= 15 is 0 Å². The maximum atomic E-state index is 10.8. The molecule has 0 fully saturated rings. The number of nitrogens with zero attached hydrogens (tertiary/aromatic N) is 3. The molecule has 1 aliphatic heterocycles. The molecular formula is C15H15N3O2. The summed E-state index contributed by atoms with van der Waals surface area (Å²) in [4.78, 5) is 16.9. The molecule has 0 amide bonds. The summed E-state index contributed by atoms with van der Waals surface area (Å²) in [7, 11) is 0. The maximum absolute atomic E-state index is 10.8. The zero-order valence-corrected chi connectivity index (χ0v) is 11.4. The number of aryl methyl sites for hydroxylation is 1. The number of anilines is 1. The van der Waals surface area contributed by atoms with Gasteiger partial charge >= 0.3 is 0 Å². The Kier molecular flexibility index (Phi) is 2.89. The van der Waals surface area contributed by atoms with Crippen LogP contribution in [0.25, 0.3) is 0 Å². The highest BCUT2D eigenvalue weighted by atomic mass is 16.6. The lowest BCUT2D eigenvalue weighted by atomic mass is 10.1. The van der Waals surface area contributed by atoms with Crippen LogP contribution >= 0.6 is 0 Å². The van der Waals surface area contributed by atoms with E-state index in [1.165, 1.54) is 17.3 Å². The Morgan fingerprint density at radius 1 is 1.40 bits per heavy atom. The van der Waals surface area contributed by atoms with Gasteiger partial charge in [0.1, 0.15) is 12.0 Å². The molecule has 102 valence electrons. The largest absolute Gasteiger partial charge is 0.345 e. The summed E-state index contributed by atoms with van der Waals surface area (Å²) >= 11 is 0. The summed E-state index contributed by atoms with van der Waals surface area (Å²) in [6, 6.07) is 10.3. The minimum atomic E-state index is -0.395. The number of rotatable bonds is 2. The average molecular weight is 269 g/mol. The second-order valence-electron chi connectivity index (χ2n) is 5.09. The Morgan fingerprint density at radius 3 is 2.80 bits per heavy atom. The van der Waals surface area contributed by atoms with E-state index in [0.717, 1.165) is 12.4 Å². The van der Waals surface area contributed by atoms with Gasteiger partial charge in [0, 0.05) is 12.1 Å². The molecule has 0 radical (unpaired) electrons. The third-order valence-corrected chi connectivity index (χ3v) is 3.87. The molecule has 2 aromatic rings. The average Bonchev–Trinajstić information content (AvgIpc) is 2.76. The first kappa shape index (κ1) is 12.6. The van der Waals surface area contributed by atoms with Crippen molar-refractivity contribution in [2.24, 2.45) is 0 Å². The van der Waals surface area contributed by atoms with Crippen LogP contribution in [-0.4, -0.2) is 9.91 Å². The number of fused-ring (bicyclic) bond motifs is 1. The first-order valence-electron chi connectivity index (χ1n) is 6.53. The molecule has 0 N–H and O–H groups in total. The molecule has 0 saturated carbocycles. The van der Waals surface area contributed by atoms with Crippen molar-refractivity contribution in [2.75, 3.05) is 4.90 Å². The second-order valence-corrected chi connectivity index (χ2v) is 5.09. The van der Waals surface area contributed by atoms with Crippen molar-refractivity contribution in [2.45, 2.75) is 26.4 Å². The van der Waals surface area contributed by atoms with Crippen LogP contribution in [0.3, 0.4) is 0 Å². The highest BCUT2D eigenvalue weighted by Crippen LogP contribution is 2.36. The van der Waals surface area contributed by atoms with Gasteiger partial charge in [0.25, 0.3) is 5.69 Å². The van der Waals surface area contributed by atoms with Gasteiger partial charge in [-0.05, 0) is 31.0 Å². The molecule has 1 aliphatic rings. The topological polar surface area (TPSA) is 59.3 Å². The van der Waals surface area contributed by atoms with Crippen molar-refractivity contribution in [3.05, 3.63) is 63.3 Å². The van der Waals surface area contributed by atoms with Crippen molar-refractivity contribution < 1.29 is 4.92 Å². The summed E-state index contributed by atoms with van der Waals surface area (Å²) in [6.45, 7) is 4.67. The van der Waals surface area contributed by atoms with Crippen molar-refractivity contribution >= 4 is 11.5 Å². The molecule has 0 aliphatic carbocycles. The molecule has 1 aromatic heterocycles. The number of aromatic nitrogens is 1. The first-order valence-corrected chi connectivity index (χ1v) is 6.53. The number of hydrogen-bond acceptors (Lipinski definition) is 4. The zero-order valence-electron chi connectivity index (χ0n) is 11.4. The highest BCUT2D eigenvalue weighted by Gasteiger charge is 2.28. The van der Waals surface area contributed by atoms with E-state index < -0.39 is 4.92 Å². The molecule has 0 unspecified atom stereocenters. The third-order valence-electron chi connectivity index (χ3n) is 3.87. The molecule has 5 heteroatoms. The summed E-state index contributed by atoms with van der Waals surface area (Å²) in [6.07, 6.45) is 1.35. The highest BCUT2D eigenvalue weighted by molar-refractivity contribution is 5.54. The quantitative estimate of drug-likeness (QED) is 0.619. The fraction of sp³-hybridized carbons (Fsp3) is 0.267. The van der Waals surface area contributed by atoms with Crippen LogP contribution in [0.15, 0.2) is 36.5 Å².